The highest BCUT2D eigenvalue weighted by Gasteiger charge is 2.63. The average molecular weight is 283 g/mol. The molecule has 4 nitrogen and oxygen atoms in total. The zero-order valence-corrected chi connectivity index (χ0v) is 11.3. The molecule has 0 aromatic heterocycles. The predicted octanol–water partition coefficient (Wildman–Crippen LogP) is 2.60. The third-order valence-corrected chi connectivity index (χ3v) is 3.03. The molecule has 0 bridgehead atoms. The Morgan fingerprint density at radius 1 is 1.37 bits per heavy atom. The third kappa shape index (κ3) is 4.56. The quantitative estimate of drug-likeness (QED) is 0.833. The molecule has 0 spiro atoms. The van der Waals surface area contributed by atoms with Crippen molar-refractivity contribution in [1.82, 2.24) is 5.32 Å². The molecule has 2 N–H and O–H groups in total. The van der Waals surface area contributed by atoms with E-state index in [0.717, 1.165) is 0 Å². The smallest absolute Gasteiger partial charge is 0.407 e. The van der Waals surface area contributed by atoms with Crippen LogP contribution >= 0.6 is 0 Å². The summed E-state index contributed by atoms with van der Waals surface area (Å²) >= 11 is 0. The molecule has 0 unspecified atom stereocenters. The van der Waals surface area contributed by atoms with Crippen LogP contribution in [0, 0.1) is 5.41 Å². The number of amides is 1. The predicted molar refractivity (Wildman–Crippen MR) is 62.6 cm³/mol. The first-order chi connectivity index (χ1) is 8.49. The number of alkyl halides is 3. The molecule has 0 aromatic rings. The molecule has 0 aromatic carbocycles. The number of hydrogen-bond donors (Lipinski definition) is 2. The van der Waals surface area contributed by atoms with Gasteiger partial charge < -0.3 is 15.2 Å². The van der Waals surface area contributed by atoms with Crippen LogP contribution in [0.2, 0.25) is 0 Å². The van der Waals surface area contributed by atoms with Crippen LogP contribution in [-0.2, 0) is 4.74 Å². The minimum absolute atomic E-state index is 0.0446. The van der Waals surface area contributed by atoms with Crippen molar-refractivity contribution in [2.24, 2.45) is 5.41 Å². The van der Waals surface area contributed by atoms with Gasteiger partial charge in [-0.1, -0.05) is 0 Å². The van der Waals surface area contributed by atoms with Crippen LogP contribution in [0.1, 0.15) is 40.0 Å². The highest BCUT2D eigenvalue weighted by molar-refractivity contribution is 5.68. The number of nitrogens with one attached hydrogen (secondary N) is 1. The van der Waals surface area contributed by atoms with Gasteiger partial charge in [-0.05, 0) is 40.0 Å². The molecule has 0 aliphatic heterocycles. The zero-order chi connectivity index (χ0) is 14.9. The first kappa shape index (κ1) is 16.1. The lowest BCUT2D eigenvalue weighted by Gasteiger charge is -2.26. The molecule has 1 atom stereocenters. The summed E-state index contributed by atoms with van der Waals surface area (Å²) in [5, 5.41) is 11.4. The van der Waals surface area contributed by atoms with E-state index in [9.17, 15) is 18.0 Å². The second kappa shape index (κ2) is 5.19. The maximum absolute atomic E-state index is 12.8. The Morgan fingerprint density at radius 3 is 2.21 bits per heavy atom. The van der Waals surface area contributed by atoms with Crippen LogP contribution in [0.3, 0.4) is 0 Å². The van der Waals surface area contributed by atoms with Crippen molar-refractivity contribution >= 4 is 6.09 Å². The second-order valence-electron chi connectivity index (χ2n) is 6.01. The Hall–Kier alpha value is -0.980. The lowest BCUT2D eigenvalue weighted by atomic mass is 9.96. The number of carbonyl (C=O) groups excluding carboxylic acids is 1. The maximum atomic E-state index is 12.8. The molecule has 112 valence electrons. The molecule has 0 saturated heterocycles. The monoisotopic (exact) mass is 283 g/mol. The van der Waals surface area contributed by atoms with E-state index < -0.39 is 35.9 Å². The third-order valence-electron chi connectivity index (χ3n) is 3.03. The molecular formula is C12H20F3NO3. The van der Waals surface area contributed by atoms with E-state index in [4.69, 9.17) is 9.84 Å². The van der Waals surface area contributed by atoms with E-state index in [1.54, 1.807) is 20.8 Å². The number of aliphatic hydroxyl groups excluding tert-OH is 1. The summed E-state index contributed by atoms with van der Waals surface area (Å²) in [5.74, 6) is 0. The van der Waals surface area contributed by atoms with Crippen molar-refractivity contribution in [3.63, 3.8) is 0 Å². The van der Waals surface area contributed by atoms with Gasteiger partial charge in [0.25, 0.3) is 0 Å². The summed E-state index contributed by atoms with van der Waals surface area (Å²) in [6.45, 7) is 4.41. The van der Waals surface area contributed by atoms with Gasteiger partial charge >= 0.3 is 12.3 Å². The number of aliphatic hydroxyl groups is 1. The molecule has 7 heteroatoms. The fourth-order valence-corrected chi connectivity index (χ4v) is 1.86. The normalized spacial score (nSPS) is 19.7. The van der Waals surface area contributed by atoms with E-state index in [1.807, 2.05) is 0 Å². The van der Waals surface area contributed by atoms with Gasteiger partial charge in [0.05, 0.1) is 18.1 Å². The number of alkyl carbamates (subject to hydrolysis) is 1. The van der Waals surface area contributed by atoms with Gasteiger partial charge in [-0.15, -0.1) is 0 Å². The summed E-state index contributed by atoms with van der Waals surface area (Å²) in [6, 6.07) is -0.945. The van der Waals surface area contributed by atoms with Crippen LogP contribution < -0.4 is 5.32 Å². The minimum Gasteiger partial charge on any atom is -0.444 e. The zero-order valence-electron chi connectivity index (χ0n) is 11.3. The van der Waals surface area contributed by atoms with E-state index in [1.165, 1.54) is 0 Å². The summed E-state index contributed by atoms with van der Waals surface area (Å²) in [6.07, 6.45) is -5.33. The molecule has 1 fully saturated rings. The van der Waals surface area contributed by atoms with Crippen molar-refractivity contribution in [3.8, 4) is 0 Å². The van der Waals surface area contributed by atoms with Gasteiger partial charge in [0.1, 0.15) is 5.60 Å². The first-order valence-corrected chi connectivity index (χ1v) is 6.16. The van der Waals surface area contributed by atoms with Gasteiger partial charge in [0.15, 0.2) is 0 Å². The van der Waals surface area contributed by atoms with Crippen molar-refractivity contribution in [2.45, 2.75) is 57.9 Å². The summed E-state index contributed by atoms with van der Waals surface area (Å²) in [7, 11) is 0. The first-order valence-electron chi connectivity index (χ1n) is 6.16. The molecule has 0 radical (unpaired) electrons. The van der Waals surface area contributed by atoms with Crippen LogP contribution in [0.25, 0.3) is 0 Å². The minimum atomic E-state index is -4.30. The number of halogens is 3. The van der Waals surface area contributed by atoms with Crippen LogP contribution in [0.5, 0.6) is 0 Å². The van der Waals surface area contributed by atoms with Gasteiger partial charge in [-0.3, -0.25) is 0 Å². The van der Waals surface area contributed by atoms with Crippen molar-refractivity contribution in [3.05, 3.63) is 0 Å². The van der Waals surface area contributed by atoms with Crippen LogP contribution in [-0.4, -0.2) is 35.6 Å². The molecular weight excluding hydrogens is 263 g/mol. The van der Waals surface area contributed by atoms with E-state index in [0.29, 0.717) is 0 Å². The fraction of sp³-hybridized carbons (Fsp3) is 0.917. The van der Waals surface area contributed by atoms with Gasteiger partial charge in [-0.2, -0.15) is 13.2 Å². The van der Waals surface area contributed by atoms with E-state index in [2.05, 4.69) is 5.32 Å². The lowest BCUT2D eigenvalue weighted by molar-refractivity contribution is -0.191. The molecule has 1 saturated carbocycles. The number of carbonyl (C=O) groups is 1. The number of hydrogen-bond acceptors (Lipinski definition) is 3. The van der Waals surface area contributed by atoms with Crippen molar-refractivity contribution in [1.29, 1.82) is 0 Å². The molecule has 1 rings (SSSR count). The molecule has 19 heavy (non-hydrogen) atoms. The Balaban J connectivity index is 2.54. The standard InChI is InChI=1S/C12H20F3NO3/c1-10(2,3)19-9(18)16-8(7-17)6-11(4-5-11)12(13,14)15/h8,17H,4-7H2,1-3H3,(H,16,18)/t8-/m1/s1. The second-order valence-corrected chi connectivity index (χ2v) is 6.01. The Morgan fingerprint density at radius 2 is 1.89 bits per heavy atom. The van der Waals surface area contributed by atoms with Crippen molar-refractivity contribution in [2.75, 3.05) is 6.61 Å². The van der Waals surface area contributed by atoms with Gasteiger partial charge in [0, 0.05) is 0 Å². The van der Waals surface area contributed by atoms with E-state index in [-0.39, 0.29) is 19.3 Å². The summed E-state index contributed by atoms with van der Waals surface area (Å²) in [4.78, 5) is 11.5. The molecule has 1 aliphatic rings. The number of ether oxygens (including phenoxy) is 1. The fourth-order valence-electron chi connectivity index (χ4n) is 1.86. The summed E-state index contributed by atoms with van der Waals surface area (Å²) in [5.41, 5.74) is -2.49. The highest BCUT2D eigenvalue weighted by atomic mass is 19.4. The summed E-state index contributed by atoms with van der Waals surface area (Å²) < 4.78 is 43.3. The molecule has 1 aliphatic carbocycles. The Bertz CT molecular complexity index is 332. The maximum Gasteiger partial charge on any atom is 0.407 e. The van der Waals surface area contributed by atoms with Crippen molar-refractivity contribution < 1.29 is 27.8 Å². The van der Waals surface area contributed by atoms with Gasteiger partial charge in [-0.25, -0.2) is 4.79 Å². The molecule has 0 heterocycles. The highest BCUT2D eigenvalue weighted by Crippen LogP contribution is 2.60. The molecule has 1 amide bonds. The van der Waals surface area contributed by atoms with E-state index >= 15 is 0 Å². The largest absolute Gasteiger partial charge is 0.444 e. The topological polar surface area (TPSA) is 58.6 Å². The Kier molecular flexibility index (Phi) is 4.39. The van der Waals surface area contributed by atoms with Crippen LogP contribution in [0.4, 0.5) is 18.0 Å². The lowest BCUT2D eigenvalue weighted by Crippen LogP contribution is -2.44. The average Bonchev–Trinajstić information content (AvgIpc) is 2.93. The Labute approximate surface area is 110 Å². The van der Waals surface area contributed by atoms with Crippen LogP contribution in [0.15, 0.2) is 0 Å². The SMILES string of the molecule is CC(C)(C)OC(=O)N[C@@H](CO)CC1(C(F)(F)F)CC1. The number of rotatable bonds is 4. The van der Waals surface area contributed by atoms with Gasteiger partial charge in [0.2, 0.25) is 0 Å².